The van der Waals surface area contributed by atoms with E-state index in [2.05, 4.69) is 39.4 Å². The van der Waals surface area contributed by atoms with E-state index in [1.165, 1.54) is 28.7 Å². The van der Waals surface area contributed by atoms with Crippen LogP contribution in [0, 0.1) is 0 Å². The lowest BCUT2D eigenvalue weighted by Gasteiger charge is -1.96. The van der Waals surface area contributed by atoms with Gasteiger partial charge in [-0.25, -0.2) is 4.98 Å². The number of nitrogens with zero attached hydrogens (tertiary/aromatic N) is 3. The molecule has 0 unspecified atom stereocenters. The molecule has 0 aliphatic carbocycles. The molecule has 1 aromatic carbocycles. The van der Waals surface area contributed by atoms with Gasteiger partial charge in [0, 0.05) is 6.42 Å². The second-order valence-electron chi connectivity index (χ2n) is 3.98. The number of halogens is 1. The van der Waals surface area contributed by atoms with Gasteiger partial charge in [-0.05, 0) is 23.7 Å². The molecule has 0 saturated carbocycles. The number of aryl methyl sites for hydroxylation is 2. The van der Waals surface area contributed by atoms with Gasteiger partial charge in [0.15, 0.2) is 8.68 Å². The van der Waals surface area contributed by atoms with Crippen LogP contribution in [0.5, 0.6) is 0 Å². The fraction of sp³-hybridized carbons (Fsp3) is 0.154. The monoisotopic (exact) mass is 339 g/mol. The summed E-state index contributed by atoms with van der Waals surface area (Å²) in [5.74, 6) is 0. The quantitative estimate of drug-likeness (QED) is 0.681. The van der Waals surface area contributed by atoms with E-state index >= 15 is 0 Å². The lowest BCUT2D eigenvalue weighted by atomic mass is 10.1. The van der Waals surface area contributed by atoms with E-state index in [1.54, 1.807) is 17.5 Å². The van der Waals surface area contributed by atoms with Gasteiger partial charge in [-0.15, -0.1) is 10.2 Å². The van der Waals surface area contributed by atoms with Crippen LogP contribution < -0.4 is 0 Å². The molecule has 3 nitrogen and oxygen atoms in total. The summed E-state index contributed by atoms with van der Waals surface area (Å²) in [6.45, 7) is 0. The summed E-state index contributed by atoms with van der Waals surface area (Å²) >= 11 is 10.5. The van der Waals surface area contributed by atoms with Gasteiger partial charge < -0.3 is 0 Å². The third kappa shape index (κ3) is 3.79. The van der Waals surface area contributed by atoms with Crippen LogP contribution in [0.3, 0.4) is 0 Å². The predicted molar refractivity (Wildman–Crippen MR) is 85.0 cm³/mol. The van der Waals surface area contributed by atoms with E-state index in [0.29, 0.717) is 4.34 Å². The van der Waals surface area contributed by atoms with Gasteiger partial charge in [0.1, 0.15) is 9.34 Å². The average Bonchev–Trinajstić information content (AvgIpc) is 3.08. The van der Waals surface area contributed by atoms with Crippen molar-refractivity contribution in [3.8, 4) is 0 Å². The molecule has 0 radical (unpaired) electrons. The molecule has 0 aliphatic heterocycles. The van der Waals surface area contributed by atoms with Gasteiger partial charge in [-0.3, -0.25) is 0 Å². The Morgan fingerprint density at radius 1 is 1.00 bits per heavy atom. The summed E-state index contributed by atoms with van der Waals surface area (Å²) < 4.78 is 2.51. The molecule has 2 aromatic heterocycles. The fourth-order valence-corrected chi connectivity index (χ4v) is 4.85. The first-order chi connectivity index (χ1) is 9.79. The van der Waals surface area contributed by atoms with E-state index in [9.17, 15) is 0 Å². The van der Waals surface area contributed by atoms with Crippen LogP contribution in [-0.4, -0.2) is 15.2 Å². The molecule has 0 spiro atoms. The van der Waals surface area contributed by atoms with E-state index in [-0.39, 0.29) is 0 Å². The molecule has 0 amide bonds. The zero-order chi connectivity index (χ0) is 13.8. The van der Waals surface area contributed by atoms with Crippen LogP contribution in [0.15, 0.2) is 45.2 Å². The minimum absolute atomic E-state index is 0.696. The van der Waals surface area contributed by atoms with Crippen molar-refractivity contribution in [2.45, 2.75) is 21.5 Å². The van der Waals surface area contributed by atoms with Crippen LogP contribution >= 0.6 is 46.0 Å². The van der Waals surface area contributed by atoms with Crippen molar-refractivity contribution in [1.82, 2.24) is 15.2 Å². The Bertz CT molecular complexity index is 681. The molecular formula is C13H10ClN3S3. The Labute approximate surface area is 134 Å². The third-order valence-corrected chi connectivity index (χ3v) is 5.77. The lowest BCUT2D eigenvalue weighted by molar-refractivity contribution is 0.888. The molecule has 0 saturated heterocycles. The number of rotatable bonds is 5. The van der Waals surface area contributed by atoms with Gasteiger partial charge in [0.25, 0.3) is 0 Å². The number of thiazole rings is 1. The molecule has 3 aromatic rings. The maximum atomic E-state index is 5.86. The van der Waals surface area contributed by atoms with Gasteiger partial charge in [-0.2, -0.15) is 0 Å². The van der Waals surface area contributed by atoms with Crippen LogP contribution in [0.25, 0.3) is 0 Å². The summed E-state index contributed by atoms with van der Waals surface area (Å²) in [6.07, 6.45) is 3.57. The summed E-state index contributed by atoms with van der Waals surface area (Å²) in [6, 6.07) is 10.4. The maximum Gasteiger partial charge on any atom is 0.181 e. The van der Waals surface area contributed by atoms with Crippen LogP contribution in [-0.2, 0) is 12.8 Å². The predicted octanol–water partition coefficient (Wildman–Crippen LogP) is 4.58. The van der Waals surface area contributed by atoms with Gasteiger partial charge >= 0.3 is 0 Å². The van der Waals surface area contributed by atoms with Gasteiger partial charge in [0.2, 0.25) is 0 Å². The normalized spacial score (nSPS) is 10.8. The van der Waals surface area contributed by atoms with Gasteiger partial charge in [0.05, 0.1) is 6.20 Å². The van der Waals surface area contributed by atoms with Crippen molar-refractivity contribution in [2.24, 2.45) is 0 Å². The molecular weight excluding hydrogens is 330 g/mol. The molecule has 20 heavy (non-hydrogen) atoms. The Balaban J connectivity index is 1.59. The standard InChI is InChI=1S/C13H10ClN3S3/c14-10-8-15-12(18-10)20-13-17-16-11(19-13)7-6-9-4-2-1-3-5-9/h1-5,8H,6-7H2. The molecule has 3 rings (SSSR count). The highest BCUT2D eigenvalue weighted by Crippen LogP contribution is 2.34. The summed E-state index contributed by atoms with van der Waals surface area (Å²) in [4.78, 5) is 4.20. The molecule has 7 heteroatoms. The van der Waals surface area contributed by atoms with Crippen LogP contribution in [0.4, 0.5) is 0 Å². The number of hydrogen-bond acceptors (Lipinski definition) is 6. The smallest absolute Gasteiger partial charge is 0.181 e. The number of hydrogen-bond donors (Lipinski definition) is 0. The van der Waals surface area contributed by atoms with Crippen LogP contribution in [0.2, 0.25) is 4.34 Å². The number of benzene rings is 1. The molecule has 0 atom stereocenters. The Hall–Kier alpha value is -0.950. The Morgan fingerprint density at radius 3 is 2.60 bits per heavy atom. The molecule has 0 fully saturated rings. The van der Waals surface area contributed by atoms with Crippen molar-refractivity contribution < 1.29 is 0 Å². The molecule has 0 aliphatic rings. The fourth-order valence-electron chi connectivity index (χ4n) is 1.64. The van der Waals surface area contributed by atoms with Crippen molar-refractivity contribution >= 4 is 46.0 Å². The Kier molecular flexibility index (Phi) is 4.67. The molecule has 2 heterocycles. The third-order valence-electron chi connectivity index (χ3n) is 2.55. The molecule has 0 N–H and O–H groups in total. The first kappa shape index (κ1) is 14.0. The lowest BCUT2D eigenvalue weighted by Crippen LogP contribution is -1.89. The largest absolute Gasteiger partial charge is 0.236 e. The topological polar surface area (TPSA) is 38.7 Å². The number of aromatic nitrogens is 3. The first-order valence-corrected chi connectivity index (χ1v) is 8.78. The van der Waals surface area contributed by atoms with Crippen molar-refractivity contribution in [3.63, 3.8) is 0 Å². The minimum Gasteiger partial charge on any atom is -0.236 e. The van der Waals surface area contributed by atoms with E-state index in [4.69, 9.17) is 11.6 Å². The van der Waals surface area contributed by atoms with Crippen molar-refractivity contribution in [1.29, 1.82) is 0 Å². The van der Waals surface area contributed by atoms with Crippen LogP contribution in [0.1, 0.15) is 10.6 Å². The van der Waals surface area contributed by atoms with Gasteiger partial charge in [-0.1, -0.05) is 64.6 Å². The summed E-state index contributed by atoms with van der Waals surface area (Å²) in [7, 11) is 0. The zero-order valence-corrected chi connectivity index (χ0v) is 13.5. The van der Waals surface area contributed by atoms with Crippen molar-refractivity contribution in [2.75, 3.05) is 0 Å². The Morgan fingerprint density at radius 2 is 1.85 bits per heavy atom. The highest BCUT2D eigenvalue weighted by Gasteiger charge is 2.09. The zero-order valence-electron chi connectivity index (χ0n) is 10.3. The summed E-state index contributed by atoms with van der Waals surface area (Å²) in [5, 5.41) is 9.47. The highest BCUT2D eigenvalue weighted by molar-refractivity contribution is 8.02. The average molecular weight is 340 g/mol. The molecule has 102 valence electrons. The SMILES string of the molecule is Clc1cnc(Sc2nnc(CCc3ccccc3)s2)s1. The van der Waals surface area contributed by atoms with E-state index < -0.39 is 0 Å². The second kappa shape index (κ2) is 6.67. The maximum absolute atomic E-state index is 5.86. The van der Waals surface area contributed by atoms with E-state index in [1.807, 2.05) is 6.07 Å². The van der Waals surface area contributed by atoms with Crippen molar-refractivity contribution in [3.05, 3.63) is 51.4 Å². The minimum atomic E-state index is 0.696. The van der Waals surface area contributed by atoms with E-state index in [0.717, 1.165) is 26.5 Å². The summed E-state index contributed by atoms with van der Waals surface area (Å²) in [5.41, 5.74) is 1.32. The molecule has 0 bridgehead atoms. The second-order valence-corrected chi connectivity index (χ2v) is 8.20. The first-order valence-electron chi connectivity index (χ1n) is 5.95. The highest BCUT2D eigenvalue weighted by atomic mass is 35.5.